The molecule has 9 heteroatoms. The highest BCUT2D eigenvalue weighted by Gasteiger charge is 2.32. The number of sulfonamides is 1. The Kier molecular flexibility index (Phi) is 6.48. The lowest BCUT2D eigenvalue weighted by Gasteiger charge is -2.26. The van der Waals surface area contributed by atoms with Crippen LogP contribution in [0.15, 0.2) is 47.4 Å². The first-order valence-corrected chi connectivity index (χ1v) is 12.2. The van der Waals surface area contributed by atoms with E-state index in [1.807, 2.05) is 0 Å². The molecule has 2 aliphatic rings. The number of nitrogens with zero attached hydrogens (tertiary/aromatic N) is 1. The summed E-state index contributed by atoms with van der Waals surface area (Å²) < 4.78 is 38.5. The van der Waals surface area contributed by atoms with Gasteiger partial charge in [0.2, 0.25) is 10.0 Å². The van der Waals surface area contributed by atoms with Crippen molar-refractivity contribution in [3.8, 4) is 5.75 Å². The first-order chi connectivity index (χ1) is 15.4. The Hall–Kier alpha value is -2.91. The van der Waals surface area contributed by atoms with Crippen LogP contribution in [-0.2, 0) is 26.0 Å². The number of anilines is 1. The molecule has 1 amide bonds. The molecule has 0 radical (unpaired) electrons. The zero-order chi connectivity index (χ0) is 22.7. The van der Waals surface area contributed by atoms with Gasteiger partial charge in [0.15, 0.2) is 6.10 Å². The Morgan fingerprint density at radius 2 is 1.91 bits per heavy atom. The average Bonchev–Trinajstić information content (AvgIpc) is 2.80. The number of piperidine rings is 1. The van der Waals surface area contributed by atoms with Crippen LogP contribution in [0.5, 0.6) is 5.75 Å². The van der Waals surface area contributed by atoms with E-state index >= 15 is 0 Å². The molecule has 1 fully saturated rings. The van der Waals surface area contributed by atoms with Crippen LogP contribution >= 0.6 is 0 Å². The summed E-state index contributed by atoms with van der Waals surface area (Å²) in [7, 11) is -3.68. The molecular formula is C23H26N2O6S. The highest BCUT2D eigenvalue weighted by Crippen LogP contribution is 2.31. The van der Waals surface area contributed by atoms with Crippen LogP contribution in [0.4, 0.5) is 5.69 Å². The molecule has 8 nitrogen and oxygen atoms in total. The van der Waals surface area contributed by atoms with E-state index in [0.29, 0.717) is 31.0 Å². The third-order valence-corrected chi connectivity index (χ3v) is 7.54. The number of ether oxygens (including phenoxy) is 2. The van der Waals surface area contributed by atoms with Gasteiger partial charge in [-0.05, 0) is 49.6 Å². The molecule has 2 heterocycles. The Morgan fingerprint density at radius 1 is 1.16 bits per heavy atom. The van der Waals surface area contributed by atoms with Gasteiger partial charge in [0, 0.05) is 19.5 Å². The normalized spacial score (nSPS) is 19.0. The van der Waals surface area contributed by atoms with E-state index < -0.39 is 28.0 Å². The van der Waals surface area contributed by atoms with Crippen molar-refractivity contribution in [2.75, 3.05) is 25.0 Å². The number of rotatable bonds is 6. The van der Waals surface area contributed by atoms with E-state index in [1.54, 1.807) is 31.2 Å². The van der Waals surface area contributed by atoms with Crippen molar-refractivity contribution in [3.05, 3.63) is 53.6 Å². The van der Waals surface area contributed by atoms with Crippen LogP contribution in [0, 0.1) is 0 Å². The van der Waals surface area contributed by atoms with E-state index in [0.717, 1.165) is 24.8 Å². The number of carbonyl (C=O) groups is 2. The number of benzene rings is 2. The van der Waals surface area contributed by atoms with Crippen molar-refractivity contribution in [1.82, 2.24) is 4.31 Å². The molecule has 170 valence electrons. The number of fused-ring (bicyclic) bond motifs is 1. The van der Waals surface area contributed by atoms with E-state index in [1.165, 1.54) is 22.5 Å². The molecule has 0 aromatic heterocycles. The second kappa shape index (κ2) is 9.30. The van der Waals surface area contributed by atoms with Crippen LogP contribution in [-0.4, -0.2) is 50.4 Å². The van der Waals surface area contributed by atoms with Gasteiger partial charge >= 0.3 is 5.97 Å². The first kappa shape index (κ1) is 22.3. The summed E-state index contributed by atoms with van der Waals surface area (Å²) in [5.74, 6) is -0.749. The minimum atomic E-state index is -3.68. The highest BCUT2D eigenvalue weighted by molar-refractivity contribution is 7.89. The predicted molar refractivity (Wildman–Crippen MR) is 118 cm³/mol. The SMILES string of the molecule is CCOc1ccc(S(=O)(=O)N2CCCCC2)cc1NC(=O)C1Cc2ccccc2C(=O)O1. The number of amides is 1. The number of cyclic esters (lactones) is 1. The van der Waals surface area contributed by atoms with Gasteiger partial charge < -0.3 is 14.8 Å². The lowest BCUT2D eigenvalue weighted by molar-refractivity contribution is -0.125. The zero-order valence-electron chi connectivity index (χ0n) is 17.9. The van der Waals surface area contributed by atoms with E-state index in [2.05, 4.69) is 5.32 Å². The molecule has 0 saturated carbocycles. The molecule has 1 saturated heterocycles. The van der Waals surface area contributed by atoms with E-state index in [9.17, 15) is 18.0 Å². The van der Waals surface area contributed by atoms with Crippen molar-refractivity contribution < 1.29 is 27.5 Å². The van der Waals surface area contributed by atoms with Crippen molar-refractivity contribution in [2.24, 2.45) is 0 Å². The van der Waals surface area contributed by atoms with E-state index in [-0.39, 0.29) is 17.0 Å². The highest BCUT2D eigenvalue weighted by atomic mass is 32.2. The quantitative estimate of drug-likeness (QED) is 0.668. The van der Waals surface area contributed by atoms with Gasteiger partial charge in [0.05, 0.1) is 22.8 Å². The molecule has 4 rings (SSSR count). The van der Waals surface area contributed by atoms with Gasteiger partial charge in [-0.2, -0.15) is 4.31 Å². The second-order valence-electron chi connectivity index (χ2n) is 7.80. The number of esters is 1. The standard InChI is InChI=1S/C23H26N2O6S/c1-2-30-20-11-10-17(32(28,29)25-12-6-3-7-13-25)15-19(20)24-22(26)21-14-16-8-4-5-9-18(16)23(27)31-21/h4-5,8-11,15,21H,2-3,6-7,12-14H2,1H3,(H,24,26). The molecule has 2 aromatic rings. The van der Waals surface area contributed by atoms with Crippen molar-refractivity contribution >= 4 is 27.6 Å². The molecule has 2 aromatic carbocycles. The van der Waals surface area contributed by atoms with Gasteiger partial charge in [-0.3, -0.25) is 4.79 Å². The Morgan fingerprint density at radius 3 is 2.66 bits per heavy atom. The van der Waals surface area contributed by atoms with E-state index in [4.69, 9.17) is 9.47 Å². The number of hydrogen-bond acceptors (Lipinski definition) is 6. The van der Waals surface area contributed by atoms with Gasteiger partial charge in [0.25, 0.3) is 5.91 Å². The third-order valence-electron chi connectivity index (χ3n) is 5.65. The molecule has 0 spiro atoms. The zero-order valence-corrected chi connectivity index (χ0v) is 18.7. The lowest BCUT2D eigenvalue weighted by atomic mass is 9.98. The molecule has 1 unspecified atom stereocenters. The van der Waals surface area contributed by atoms with Crippen LogP contribution < -0.4 is 10.1 Å². The Bertz CT molecular complexity index is 1130. The summed E-state index contributed by atoms with van der Waals surface area (Å²) in [5, 5.41) is 2.71. The summed E-state index contributed by atoms with van der Waals surface area (Å²) >= 11 is 0. The lowest BCUT2D eigenvalue weighted by Crippen LogP contribution is -2.38. The fourth-order valence-electron chi connectivity index (χ4n) is 3.99. The molecule has 32 heavy (non-hydrogen) atoms. The third kappa shape index (κ3) is 4.49. The maximum atomic E-state index is 13.1. The van der Waals surface area contributed by atoms with Crippen molar-refractivity contribution in [3.63, 3.8) is 0 Å². The second-order valence-corrected chi connectivity index (χ2v) is 9.74. The van der Waals surface area contributed by atoms with Crippen molar-refractivity contribution in [2.45, 2.75) is 43.6 Å². The molecule has 2 aliphatic heterocycles. The fourth-order valence-corrected chi connectivity index (χ4v) is 5.54. The minimum Gasteiger partial charge on any atom is -0.492 e. The Labute approximate surface area is 187 Å². The largest absolute Gasteiger partial charge is 0.492 e. The summed E-state index contributed by atoms with van der Waals surface area (Å²) in [4.78, 5) is 25.3. The number of nitrogens with one attached hydrogen (secondary N) is 1. The number of carbonyl (C=O) groups excluding carboxylic acids is 2. The van der Waals surface area contributed by atoms with Crippen LogP contribution in [0.25, 0.3) is 0 Å². The fraction of sp³-hybridized carbons (Fsp3) is 0.391. The van der Waals surface area contributed by atoms with Crippen molar-refractivity contribution in [1.29, 1.82) is 0 Å². The molecule has 1 atom stereocenters. The topological polar surface area (TPSA) is 102 Å². The number of hydrogen-bond donors (Lipinski definition) is 1. The van der Waals surface area contributed by atoms with Crippen LogP contribution in [0.2, 0.25) is 0 Å². The predicted octanol–water partition coefficient (Wildman–Crippen LogP) is 2.98. The average molecular weight is 459 g/mol. The summed E-state index contributed by atoms with van der Waals surface area (Å²) in [6.45, 7) is 3.10. The van der Waals surface area contributed by atoms with Gasteiger partial charge in [-0.25, -0.2) is 13.2 Å². The molecular weight excluding hydrogens is 432 g/mol. The summed E-state index contributed by atoms with van der Waals surface area (Å²) in [6, 6.07) is 11.4. The van der Waals surface area contributed by atoms with Crippen LogP contribution in [0.1, 0.15) is 42.1 Å². The summed E-state index contributed by atoms with van der Waals surface area (Å²) in [5.41, 5.74) is 1.40. The first-order valence-electron chi connectivity index (χ1n) is 10.8. The smallest absolute Gasteiger partial charge is 0.339 e. The maximum absolute atomic E-state index is 13.1. The van der Waals surface area contributed by atoms with Crippen LogP contribution in [0.3, 0.4) is 0 Å². The molecule has 0 aliphatic carbocycles. The maximum Gasteiger partial charge on any atom is 0.339 e. The monoisotopic (exact) mass is 458 g/mol. The van der Waals surface area contributed by atoms with Gasteiger partial charge in [-0.1, -0.05) is 24.6 Å². The Balaban J connectivity index is 1.59. The minimum absolute atomic E-state index is 0.0872. The van der Waals surface area contributed by atoms with Gasteiger partial charge in [0.1, 0.15) is 5.75 Å². The molecule has 1 N–H and O–H groups in total. The van der Waals surface area contributed by atoms with Gasteiger partial charge in [-0.15, -0.1) is 0 Å². The summed E-state index contributed by atoms with van der Waals surface area (Å²) in [6.07, 6.45) is 1.89. The molecule has 0 bridgehead atoms.